The number of nitro groups is 1. The van der Waals surface area contributed by atoms with Crippen molar-refractivity contribution in [3.63, 3.8) is 0 Å². The van der Waals surface area contributed by atoms with Gasteiger partial charge in [-0.05, 0) is 18.1 Å². The van der Waals surface area contributed by atoms with Gasteiger partial charge in [-0.3, -0.25) is 10.1 Å². The first-order chi connectivity index (χ1) is 9.73. The molecule has 0 fully saturated rings. The van der Waals surface area contributed by atoms with Crippen LogP contribution in [0.2, 0.25) is 0 Å². The quantitative estimate of drug-likeness (QED) is 0.615. The Hall–Kier alpha value is -1.67. The summed E-state index contributed by atoms with van der Waals surface area (Å²) in [5.74, 6) is 0.131. The molecule has 0 amide bonds. The molecule has 0 atom stereocenters. The van der Waals surface area contributed by atoms with Crippen molar-refractivity contribution in [2.24, 2.45) is 5.92 Å². The van der Waals surface area contributed by atoms with Gasteiger partial charge in [0.2, 0.25) is 10.0 Å². The summed E-state index contributed by atoms with van der Waals surface area (Å²) in [6.45, 7) is 6.10. The molecule has 0 radical (unpaired) electrons. The van der Waals surface area contributed by atoms with E-state index in [0.29, 0.717) is 12.2 Å². The van der Waals surface area contributed by atoms with Crippen molar-refractivity contribution in [3.8, 4) is 0 Å². The van der Waals surface area contributed by atoms with Crippen LogP contribution in [-0.4, -0.2) is 37.8 Å². The second kappa shape index (κ2) is 6.86. The monoisotopic (exact) mass is 315 g/mol. The van der Waals surface area contributed by atoms with E-state index in [1.807, 2.05) is 13.8 Å². The fraction of sp³-hybridized carbons (Fsp3) is 0.538. The maximum absolute atomic E-state index is 12.7. The second-order valence-corrected chi connectivity index (χ2v) is 6.95. The average Bonchev–Trinajstić information content (AvgIpc) is 2.43. The molecule has 1 aromatic carbocycles. The Morgan fingerprint density at radius 3 is 2.43 bits per heavy atom. The third kappa shape index (κ3) is 3.92. The minimum absolute atomic E-state index is 0.131. The molecule has 0 saturated carbocycles. The van der Waals surface area contributed by atoms with Crippen molar-refractivity contribution in [2.75, 3.05) is 25.5 Å². The Labute approximate surface area is 125 Å². The molecular weight excluding hydrogens is 294 g/mol. The summed E-state index contributed by atoms with van der Waals surface area (Å²) >= 11 is 0. The Bertz CT molecular complexity index is 614. The zero-order valence-corrected chi connectivity index (χ0v) is 13.5. The number of nitro benzene ring substituents is 1. The summed E-state index contributed by atoms with van der Waals surface area (Å²) in [6.07, 6.45) is 0. The topological polar surface area (TPSA) is 92.6 Å². The fourth-order valence-electron chi connectivity index (χ4n) is 1.97. The summed E-state index contributed by atoms with van der Waals surface area (Å²) in [7, 11) is -2.27. The Kier molecular flexibility index (Phi) is 5.68. The summed E-state index contributed by atoms with van der Waals surface area (Å²) in [5, 5.41) is 13.9. The Balaban J connectivity index is 3.43. The number of nitrogens with one attached hydrogen (secondary N) is 1. The highest BCUT2D eigenvalue weighted by Gasteiger charge is 2.31. The molecule has 7 nitrogen and oxygen atoms in total. The van der Waals surface area contributed by atoms with Gasteiger partial charge in [-0.2, -0.15) is 4.31 Å². The molecule has 0 heterocycles. The number of rotatable bonds is 7. The van der Waals surface area contributed by atoms with E-state index in [1.165, 1.54) is 22.5 Å². The van der Waals surface area contributed by atoms with Gasteiger partial charge >= 0.3 is 0 Å². The van der Waals surface area contributed by atoms with Gasteiger partial charge in [0, 0.05) is 31.9 Å². The average molecular weight is 315 g/mol. The van der Waals surface area contributed by atoms with E-state index < -0.39 is 20.6 Å². The highest BCUT2D eigenvalue weighted by Crippen LogP contribution is 2.29. The summed E-state index contributed by atoms with van der Waals surface area (Å²) in [5.41, 5.74) is 0.107. The lowest BCUT2D eigenvalue weighted by Crippen LogP contribution is -2.34. The van der Waals surface area contributed by atoms with Gasteiger partial charge in [0.15, 0.2) is 4.90 Å². The predicted octanol–water partition coefficient (Wildman–Crippen LogP) is 2.30. The number of sulfonamides is 1. The summed E-state index contributed by atoms with van der Waals surface area (Å²) < 4.78 is 26.6. The van der Waals surface area contributed by atoms with Crippen molar-refractivity contribution >= 4 is 21.4 Å². The second-order valence-electron chi connectivity index (χ2n) is 5.04. The SMILES string of the molecule is CCN(CC(C)C)S(=O)(=O)c1cc(NC)ccc1[N+](=O)[O-]. The first-order valence-electron chi connectivity index (χ1n) is 6.70. The van der Waals surface area contributed by atoms with E-state index >= 15 is 0 Å². The van der Waals surface area contributed by atoms with E-state index in [-0.39, 0.29) is 17.4 Å². The van der Waals surface area contributed by atoms with Crippen molar-refractivity contribution < 1.29 is 13.3 Å². The van der Waals surface area contributed by atoms with Crippen LogP contribution in [0.15, 0.2) is 23.1 Å². The smallest absolute Gasteiger partial charge is 0.289 e. The Morgan fingerprint density at radius 1 is 1.38 bits per heavy atom. The molecule has 1 rings (SSSR count). The first kappa shape index (κ1) is 17.4. The van der Waals surface area contributed by atoms with Crippen LogP contribution in [-0.2, 0) is 10.0 Å². The van der Waals surface area contributed by atoms with E-state index in [1.54, 1.807) is 14.0 Å². The van der Waals surface area contributed by atoms with Gasteiger partial charge in [-0.1, -0.05) is 20.8 Å². The van der Waals surface area contributed by atoms with Crippen LogP contribution in [0.1, 0.15) is 20.8 Å². The molecule has 0 bridgehead atoms. The van der Waals surface area contributed by atoms with Gasteiger partial charge in [-0.25, -0.2) is 8.42 Å². The largest absolute Gasteiger partial charge is 0.388 e. The van der Waals surface area contributed by atoms with Crippen molar-refractivity contribution in [2.45, 2.75) is 25.7 Å². The molecule has 0 spiro atoms. The van der Waals surface area contributed by atoms with Gasteiger partial charge in [0.25, 0.3) is 5.69 Å². The van der Waals surface area contributed by atoms with E-state index in [2.05, 4.69) is 5.32 Å². The first-order valence-corrected chi connectivity index (χ1v) is 8.14. The summed E-state index contributed by atoms with van der Waals surface area (Å²) in [6, 6.07) is 3.99. The van der Waals surface area contributed by atoms with Gasteiger partial charge in [0.05, 0.1) is 4.92 Å². The van der Waals surface area contributed by atoms with Gasteiger partial charge in [0.1, 0.15) is 0 Å². The molecule has 118 valence electrons. The number of anilines is 1. The molecule has 1 aromatic rings. The molecular formula is C13H21N3O4S. The van der Waals surface area contributed by atoms with Crippen LogP contribution < -0.4 is 5.32 Å². The maximum atomic E-state index is 12.7. The zero-order chi connectivity index (χ0) is 16.2. The third-order valence-electron chi connectivity index (χ3n) is 2.98. The summed E-state index contributed by atoms with van der Waals surface area (Å²) in [4.78, 5) is 10.2. The van der Waals surface area contributed by atoms with Gasteiger partial charge < -0.3 is 5.32 Å². The lowest BCUT2D eigenvalue weighted by atomic mass is 10.2. The highest BCUT2D eigenvalue weighted by atomic mass is 32.2. The Morgan fingerprint density at radius 2 is 2.00 bits per heavy atom. The minimum atomic E-state index is -3.90. The lowest BCUT2D eigenvalue weighted by Gasteiger charge is -2.22. The van der Waals surface area contributed by atoms with Gasteiger partial charge in [-0.15, -0.1) is 0 Å². The fourth-order valence-corrected chi connectivity index (χ4v) is 3.77. The van der Waals surface area contributed by atoms with Crippen molar-refractivity contribution in [1.29, 1.82) is 0 Å². The molecule has 21 heavy (non-hydrogen) atoms. The van der Waals surface area contributed by atoms with Crippen LogP contribution >= 0.6 is 0 Å². The molecule has 0 aliphatic rings. The van der Waals surface area contributed by atoms with E-state index in [9.17, 15) is 18.5 Å². The minimum Gasteiger partial charge on any atom is -0.388 e. The van der Waals surface area contributed by atoms with Crippen LogP contribution in [0.25, 0.3) is 0 Å². The van der Waals surface area contributed by atoms with Crippen LogP contribution in [0, 0.1) is 16.0 Å². The third-order valence-corrected chi connectivity index (χ3v) is 4.95. The van der Waals surface area contributed by atoms with Crippen molar-refractivity contribution in [3.05, 3.63) is 28.3 Å². The highest BCUT2D eigenvalue weighted by molar-refractivity contribution is 7.89. The molecule has 0 aromatic heterocycles. The molecule has 8 heteroatoms. The van der Waals surface area contributed by atoms with Crippen LogP contribution in [0.3, 0.4) is 0 Å². The number of hydrogen-bond donors (Lipinski definition) is 1. The number of hydrogen-bond acceptors (Lipinski definition) is 5. The molecule has 0 aliphatic carbocycles. The van der Waals surface area contributed by atoms with E-state index in [0.717, 1.165) is 0 Å². The molecule has 0 aliphatic heterocycles. The molecule has 1 N–H and O–H groups in total. The van der Waals surface area contributed by atoms with Crippen LogP contribution in [0.4, 0.5) is 11.4 Å². The number of benzene rings is 1. The number of nitrogens with zero attached hydrogens (tertiary/aromatic N) is 2. The standard InChI is InChI=1S/C13H21N3O4S/c1-5-15(9-10(2)3)21(19,20)13-8-11(14-4)6-7-12(13)16(17)18/h6-8,10,14H,5,9H2,1-4H3. The zero-order valence-electron chi connectivity index (χ0n) is 12.7. The van der Waals surface area contributed by atoms with E-state index in [4.69, 9.17) is 0 Å². The normalized spacial score (nSPS) is 11.9. The van der Waals surface area contributed by atoms with Crippen LogP contribution in [0.5, 0.6) is 0 Å². The van der Waals surface area contributed by atoms with Crippen molar-refractivity contribution in [1.82, 2.24) is 4.31 Å². The predicted molar refractivity (Wildman–Crippen MR) is 81.9 cm³/mol. The maximum Gasteiger partial charge on any atom is 0.289 e. The molecule has 0 saturated heterocycles. The lowest BCUT2D eigenvalue weighted by molar-refractivity contribution is -0.387. The molecule has 0 unspecified atom stereocenters.